The Kier molecular flexibility index (Phi) is 8.31. The SMILES string of the molecule is CCC(CC)N(CCNc1ccccc1C)CCOC. The van der Waals surface area contributed by atoms with Crippen molar-refractivity contribution in [1.29, 1.82) is 0 Å². The molecule has 1 rings (SSSR count). The summed E-state index contributed by atoms with van der Waals surface area (Å²) in [5, 5.41) is 3.54. The molecule has 0 aliphatic carbocycles. The number of aryl methyl sites for hydroxylation is 1. The van der Waals surface area contributed by atoms with Crippen molar-refractivity contribution in [1.82, 2.24) is 4.90 Å². The van der Waals surface area contributed by atoms with Crippen LogP contribution in [0.4, 0.5) is 5.69 Å². The molecule has 0 saturated carbocycles. The van der Waals surface area contributed by atoms with Crippen molar-refractivity contribution in [2.75, 3.05) is 38.7 Å². The summed E-state index contributed by atoms with van der Waals surface area (Å²) in [4.78, 5) is 2.54. The van der Waals surface area contributed by atoms with Crippen LogP contribution in [0, 0.1) is 6.92 Å². The lowest BCUT2D eigenvalue weighted by atomic mass is 10.1. The van der Waals surface area contributed by atoms with Gasteiger partial charge in [0.15, 0.2) is 0 Å². The Hall–Kier alpha value is -1.06. The van der Waals surface area contributed by atoms with Gasteiger partial charge >= 0.3 is 0 Å². The molecular formula is C17H30N2O. The minimum Gasteiger partial charge on any atom is -0.384 e. The third-order valence-electron chi connectivity index (χ3n) is 3.90. The molecule has 3 nitrogen and oxygen atoms in total. The Morgan fingerprint density at radius 2 is 1.85 bits per heavy atom. The summed E-state index contributed by atoms with van der Waals surface area (Å²) in [6, 6.07) is 9.11. The molecule has 0 amide bonds. The molecule has 1 N–H and O–H groups in total. The molecule has 0 saturated heterocycles. The summed E-state index contributed by atoms with van der Waals surface area (Å²) in [7, 11) is 1.77. The summed E-state index contributed by atoms with van der Waals surface area (Å²) in [6.45, 7) is 10.5. The molecule has 0 radical (unpaired) electrons. The van der Waals surface area contributed by atoms with Crippen LogP contribution in [-0.2, 0) is 4.74 Å². The van der Waals surface area contributed by atoms with E-state index >= 15 is 0 Å². The fraction of sp³-hybridized carbons (Fsp3) is 0.647. The average molecular weight is 278 g/mol. The van der Waals surface area contributed by atoms with Gasteiger partial charge in [-0.25, -0.2) is 0 Å². The second kappa shape index (κ2) is 9.78. The van der Waals surface area contributed by atoms with E-state index in [0.717, 1.165) is 26.2 Å². The largest absolute Gasteiger partial charge is 0.384 e. The van der Waals surface area contributed by atoms with Crippen molar-refractivity contribution in [2.45, 2.75) is 39.7 Å². The van der Waals surface area contributed by atoms with Gasteiger partial charge < -0.3 is 10.1 Å². The summed E-state index contributed by atoms with van der Waals surface area (Å²) in [5.41, 5.74) is 2.54. The van der Waals surface area contributed by atoms with Gasteiger partial charge in [-0.05, 0) is 31.4 Å². The van der Waals surface area contributed by atoms with Crippen LogP contribution in [0.25, 0.3) is 0 Å². The summed E-state index contributed by atoms with van der Waals surface area (Å²) in [6.07, 6.45) is 2.40. The maximum atomic E-state index is 5.23. The quantitative estimate of drug-likeness (QED) is 0.708. The first-order valence-electron chi connectivity index (χ1n) is 7.75. The first-order chi connectivity index (χ1) is 9.72. The highest BCUT2D eigenvalue weighted by molar-refractivity contribution is 5.50. The van der Waals surface area contributed by atoms with Crippen molar-refractivity contribution in [2.24, 2.45) is 0 Å². The molecule has 0 unspecified atom stereocenters. The third kappa shape index (κ3) is 5.51. The monoisotopic (exact) mass is 278 g/mol. The number of benzene rings is 1. The van der Waals surface area contributed by atoms with Crippen molar-refractivity contribution in [3.05, 3.63) is 29.8 Å². The fourth-order valence-corrected chi connectivity index (χ4v) is 2.60. The van der Waals surface area contributed by atoms with E-state index in [4.69, 9.17) is 4.74 Å². The second-order valence-corrected chi connectivity index (χ2v) is 5.24. The number of hydrogen-bond acceptors (Lipinski definition) is 3. The number of ether oxygens (including phenoxy) is 1. The maximum absolute atomic E-state index is 5.23. The predicted molar refractivity (Wildman–Crippen MR) is 87.5 cm³/mol. The normalized spacial score (nSPS) is 11.3. The van der Waals surface area contributed by atoms with Gasteiger partial charge in [-0.3, -0.25) is 4.90 Å². The number of nitrogens with zero attached hydrogens (tertiary/aromatic N) is 1. The Balaban J connectivity index is 2.47. The molecule has 0 aliphatic heterocycles. The van der Waals surface area contributed by atoms with Crippen molar-refractivity contribution in [3.8, 4) is 0 Å². The molecule has 0 aromatic heterocycles. The van der Waals surface area contributed by atoms with E-state index < -0.39 is 0 Å². The highest BCUT2D eigenvalue weighted by Gasteiger charge is 2.14. The Bertz CT molecular complexity index is 364. The molecule has 114 valence electrons. The molecule has 0 aliphatic rings. The molecule has 0 fully saturated rings. The molecule has 1 aromatic rings. The van der Waals surface area contributed by atoms with Crippen molar-refractivity contribution < 1.29 is 4.74 Å². The zero-order chi connectivity index (χ0) is 14.8. The minimum atomic E-state index is 0.656. The fourth-order valence-electron chi connectivity index (χ4n) is 2.60. The highest BCUT2D eigenvalue weighted by atomic mass is 16.5. The Morgan fingerprint density at radius 1 is 1.15 bits per heavy atom. The van der Waals surface area contributed by atoms with Crippen LogP contribution in [0.5, 0.6) is 0 Å². The lowest BCUT2D eigenvalue weighted by molar-refractivity contribution is 0.118. The summed E-state index contributed by atoms with van der Waals surface area (Å²) < 4.78 is 5.23. The Morgan fingerprint density at radius 3 is 2.45 bits per heavy atom. The first-order valence-corrected chi connectivity index (χ1v) is 7.75. The van der Waals surface area contributed by atoms with Crippen LogP contribution in [0.3, 0.4) is 0 Å². The van der Waals surface area contributed by atoms with Crippen LogP contribution >= 0.6 is 0 Å². The van der Waals surface area contributed by atoms with Gasteiger partial charge in [-0.15, -0.1) is 0 Å². The number of rotatable bonds is 10. The number of hydrogen-bond donors (Lipinski definition) is 1. The van der Waals surface area contributed by atoms with Crippen molar-refractivity contribution >= 4 is 5.69 Å². The minimum absolute atomic E-state index is 0.656. The van der Waals surface area contributed by atoms with Crippen molar-refractivity contribution in [3.63, 3.8) is 0 Å². The second-order valence-electron chi connectivity index (χ2n) is 5.24. The number of anilines is 1. The van der Waals surface area contributed by atoms with Crippen LogP contribution < -0.4 is 5.32 Å². The van der Waals surface area contributed by atoms with Crippen LogP contribution in [-0.4, -0.2) is 44.3 Å². The maximum Gasteiger partial charge on any atom is 0.0589 e. The standard InChI is InChI=1S/C17H30N2O/c1-5-16(6-2)19(13-14-20-4)12-11-18-17-10-8-7-9-15(17)3/h7-10,16,18H,5-6,11-14H2,1-4H3. The van der Waals surface area contributed by atoms with Gasteiger partial charge in [0.1, 0.15) is 0 Å². The van der Waals surface area contributed by atoms with E-state index in [1.807, 2.05) is 0 Å². The van der Waals surface area contributed by atoms with E-state index in [1.54, 1.807) is 7.11 Å². The highest BCUT2D eigenvalue weighted by Crippen LogP contribution is 2.13. The van der Waals surface area contributed by atoms with E-state index in [0.29, 0.717) is 6.04 Å². The molecule has 0 heterocycles. The smallest absolute Gasteiger partial charge is 0.0589 e. The van der Waals surface area contributed by atoms with Gasteiger partial charge in [0.25, 0.3) is 0 Å². The topological polar surface area (TPSA) is 24.5 Å². The predicted octanol–water partition coefficient (Wildman–Crippen LogP) is 3.54. The molecule has 3 heteroatoms. The molecule has 0 spiro atoms. The molecule has 0 atom stereocenters. The van der Waals surface area contributed by atoms with Gasteiger partial charge in [-0.2, -0.15) is 0 Å². The number of methoxy groups -OCH3 is 1. The zero-order valence-electron chi connectivity index (χ0n) is 13.5. The molecular weight excluding hydrogens is 248 g/mol. The molecule has 20 heavy (non-hydrogen) atoms. The first kappa shape index (κ1) is 17.0. The van der Waals surface area contributed by atoms with E-state index in [2.05, 4.69) is 55.3 Å². The van der Waals surface area contributed by atoms with Crippen LogP contribution in [0.15, 0.2) is 24.3 Å². The van der Waals surface area contributed by atoms with E-state index in [9.17, 15) is 0 Å². The average Bonchev–Trinajstić information content (AvgIpc) is 2.47. The van der Waals surface area contributed by atoms with Gasteiger partial charge in [0.05, 0.1) is 6.61 Å². The Labute approximate surface area is 124 Å². The molecule has 0 bridgehead atoms. The zero-order valence-corrected chi connectivity index (χ0v) is 13.5. The van der Waals surface area contributed by atoms with Gasteiger partial charge in [0.2, 0.25) is 0 Å². The van der Waals surface area contributed by atoms with Gasteiger partial charge in [-0.1, -0.05) is 32.0 Å². The summed E-state index contributed by atoms with van der Waals surface area (Å²) in [5.74, 6) is 0. The van der Waals surface area contributed by atoms with Gasteiger partial charge in [0, 0.05) is 38.5 Å². The molecule has 1 aromatic carbocycles. The number of nitrogens with one attached hydrogen (secondary N) is 1. The summed E-state index contributed by atoms with van der Waals surface area (Å²) >= 11 is 0. The van der Waals surface area contributed by atoms with E-state index in [-0.39, 0.29) is 0 Å². The third-order valence-corrected chi connectivity index (χ3v) is 3.90. The lowest BCUT2D eigenvalue weighted by Crippen LogP contribution is -2.40. The lowest BCUT2D eigenvalue weighted by Gasteiger charge is -2.30. The number of para-hydroxylation sites is 1. The van der Waals surface area contributed by atoms with Crippen LogP contribution in [0.1, 0.15) is 32.3 Å². The van der Waals surface area contributed by atoms with Crippen LogP contribution in [0.2, 0.25) is 0 Å². The van der Waals surface area contributed by atoms with E-state index in [1.165, 1.54) is 24.1 Å².